The van der Waals surface area contributed by atoms with E-state index in [1.165, 1.54) is 9.87 Å². The van der Waals surface area contributed by atoms with Gasteiger partial charge in [0.15, 0.2) is 0 Å². The van der Waals surface area contributed by atoms with Gasteiger partial charge in [-0.15, -0.1) is 0 Å². The van der Waals surface area contributed by atoms with Gasteiger partial charge in [-0.2, -0.15) is 0 Å². The predicted octanol–water partition coefficient (Wildman–Crippen LogP) is 4.50. The largest absolute Gasteiger partial charge is 0.341 e. The Hall–Kier alpha value is -1.60. The minimum absolute atomic E-state index is 0.0231. The van der Waals surface area contributed by atoms with Gasteiger partial charge in [-0.1, -0.05) is 59.1 Å². The first-order chi connectivity index (χ1) is 14.2. The molecule has 30 heavy (non-hydrogen) atoms. The van der Waals surface area contributed by atoms with Crippen LogP contribution in [0.1, 0.15) is 29.5 Å². The second-order valence-corrected chi connectivity index (χ2v) is 10.7. The van der Waals surface area contributed by atoms with Crippen LogP contribution >= 0.6 is 23.2 Å². The lowest BCUT2D eigenvalue weighted by molar-refractivity contribution is -0.135. The second kappa shape index (κ2) is 9.69. The monoisotopic (exact) mass is 468 g/mol. The van der Waals surface area contributed by atoms with Crippen LogP contribution in [-0.2, 0) is 27.1 Å². The fraction of sp³-hybridized carbons (Fsp3) is 0.409. The van der Waals surface area contributed by atoms with Gasteiger partial charge in [0.1, 0.15) is 0 Å². The van der Waals surface area contributed by atoms with Crippen LogP contribution in [0.2, 0.25) is 10.0 Å². The summed E-state index contributed by atoms with van der Waals surface area (Å²) in [5, 5.41) is 0.715. The highest BCUT2D eigenvalue weighted by atomic mass is 35.5. The Morgan fingerprint density at radius 2 is 1.77 bits per heavy atom. The van der Waals surface area contributed by atoms with Crippen molar-refractivity contribution in [3.8, 4) is 0 Å². The fourth-order valence-electron chi connectivity index (χ4n) is 3.68. The van der Waals surface area contributed by atoms with Crippen LogP contribution in [0.15, 0.2) is 42.5 Å². The van der Waals surface area contributed by atoms with Crippen molar-refractivity contribution in [2.45, 2.75) is 32.1 Å². The van der Waals surface area contributed by atoms with Crippen LogP contribution in [-0.4, -0.2) is 43.7 Å². The first-order valence-corrected chi connectivity index (χ1v) is 12.2. The van der Waals surface area contributed by atoms with Gasteiger partial charge in [0.25, 0.3) is 0 Å². The lowest BCUT2D eigenvalue weighted by atomic mass is 9.98. The van der Waals surface area contributed by atoms with E-state index in [2.05, 4.69) is 0 Å². The molecule has 1 fully saturated rings. The number of nitrogens with zero attached hydrogens (tertiary/aromatic N) is 2. The van der Waals surface area contributed by atoms with Crippen molar-refractivity contribution in [3.63, 3.8) is 0 Å². The molecule has 1 atom stereocenters. The zero-order valence-corrected chi connectivity index (χ0v) is 19.5. The Morgan fingerprint density at radius 3 is 2.43 bits per heavy atom. The highest BCUT2D eigenvalue weighted by Crippen LogP contribution is 2.26. The molecular formula is C22H26Cl2N2O3S. The van der Waals surface area contributed by atoms with Crippen LogP contribution in [0.5, 0.6) is 0 Å². The minimum atomic E-state index is -3.56. The zero-order chi connectivity index (χ0) is 21.9. The minimum Gasteiger partial charge on any atom is -0.341 e. The highest BCUT2D eigenvalue weighted by molar-refractivity contribution is 7.88. The third-order valence-corrected chi connectivity index (χ3v) is 7.93. The lowest BCUT2D eigenvalue weighted by Crippen LogP contribution is -2.46. The average molecular weight is 469 g/mol. The number of hydrogen-bond acceptors (Lipinski definition) is 3. The molecule has 0 N–H and O–H groups in total. The summed E-state index contributed by atoms with van der Waals surface area (Å²) >= 11 is 11.9. The maximum absolute atomic E-state index is 13.0. The van der Waals surface area contributed by atoms with Crippen LogP contribution in [0.3, 0.4) is 0 Å². The molecule has 1 amide bonds. The molecule has 1 heterocycles. The fourth-order valence-corrected chi connectivity index (χ4v) is 5.60. The topological polar surface area (TPSA) is 57.7 Å². The number of sulfonamides is 1. The average Bonchev–Trinajstić information content (AvgIpc) is 2.72. The number of halogens is 2. The van der Waals surface area contributed by atoms with Crippen molar-refractivity contribution in [3.05, 3.63) is 69.2 Å². The first-order valence-electron chi connectivity index (χ1n) is 9.88. The van der Waals surface area contributed by atoms with Gasteiger partial charge in [0.05, 0.1) is 21.7 Å². The molecule has 1 aliphatic rings. The Morgan fingerprint density at radius 1 is 1.10 bits per heavy atom. The van der Waals surface area contributed by atoms with Crippen LogP contribution in [0.4, 0.5) is 0 Å². The number of carbonyl (C=O) groups excluding carboxylic acids is 1. The molecule has 0 spiro atoms. The van der Waals surface area contributed by atoms with Crippen LogP contribution in [0.25, 0.3) is 0 Å². The summed E-state index contributed by atoms with van der Waals surface area (Å²) in [4.78, 5) is 14.6. The third kappa shape index (κ3) is 5.76. The van der Waals surface area contributed by atoms with Gasteiger partial charge in [-0.05, 0) is 43.0 Å². The van der Waals surface area contributed by atoms with Crippen molar-refractivity contribution in [1.29, 1.82) is 0 Å². The predicted molar refractivity (Wildman–Crippen MR) is 121 cm³/mol. The highest BCUT2D eigenvalue weighted by Gasteiger charge is 2.33. The summed E-state index contributed by atoms with van der Waals surface area (Å²) in [6.07, 6.45) is 1.35. The molecule has 0 aromatic heterocycles. The smallest absolute Gasteiger partial charge is 0.227 e. The molecule has 2 aromatic rings. The zero-order valence-electron chi connectivity index (χ0n) is 17.1. The molecule has 0 unspecified atom stereocenters. The van der Waals surface area contributed by atoms with Gasteiger partial charge in [-0.25, -0.2) is 12.7 Å². The molecule has 0 aliphatic carbocycles. The van der Waals surface area contributed by atoms with E-state index < -0.39 is 10.0 Å². The molecule has 1 aliphatic heterocycles. The van der Waals surface area contributed by atoms with Crippen molar-refractivity contribution < 1.29 is 13.2 Å². The lowest BCUT2D eigenvalue weighted by Gasteiger charge is -2.33. The van der Waals surface area contributed by atoms with E-state index in [0.29, 0.717) is 41.5 Å². The molecule has 1 saturated heterocycles. The summed E-state index contributed by atoms with van der Waals surface area (Å²) in [5.74, 6) is -0.521. The summed E-state index contributed by atoms with van der Waals surface area (Å²) in [6.45, 7) is 3.16. The molecule has 8 heteroatoms. The van der Waals surface area contributed by atoms with E-state index in [9.17, 15) is 13.2 Å². The van der Waals surface area contributed by atoms with E-state index in [1.807, 2.05) is 31.2 Å². The van der Waals surface area contributed by atoms with Crippen molar-refractivity contribution >= 4 is 39.1 Å². The molecule has 0 saturated carbocycles. The number of carbonyl (C=O) groups is 1. The Kier molecular flexibility index (Phi) is 7.45. The van der Waals surface area contributed by atoms with Crippen molar-refractivity contribution in [2.24, 2.45) is 5.92 Å². The summed E-state index contributed by atoms with van der Waals surface area (Å²) < 4.78 is 27.3. The summed E-state index contributed by atoms with van der Waals surface area (Å²) in [7, 11) is -1.79. The molecule has 3 rings (SSSR count). The van der Waals surface area contributed by atoms with Crippen molar-refractivity contribution in [2.75, 3.05) is 20.1 Å². The molecule has 5 nitrogen and oxygen atoms in total. The van der Waals surface area contributed by atoms with Gasteiger partial charge >= 0.3 is 0 Å². The van der Waals surface area contributed by atoms with E-state index >= 15 is 0 Å². The Labute approximate surface area is 188 Å². The number of hydrogen-bond donors (Lipinski definition) is 0. The third-order valence-electron chi connectivity index (χ3n) is 5.38. The van der Waals surface area contributed by atoms with Crippen LogP contribution < -0.4 is 0 Å². The first kappa shape index (κ1) is 23.1. The second-order valence-electron chi connectivity index (χ2n) is 7.88. The SMILES string of the molecule is Cc1ccc(CN(C)C(=O)[C@H]2CCCN(S(=O)(=O)Cc3ccc(Cl)c(Cl)c3)C2)cc1. The summed E-state index contributed by atoms with van der Waals surface area (Å²) in [5.41, 5.74) is 2.80. The van der Waals surface area contributed by atoms with Gasteiger partial charge in [0.2, 0.25) is 15.9 Å². The maximum atomic E-state index is 13.0. The number of amides is 1. The van der Waals surface area contributed by atoms with Crippen molar-refractivity contribution in [1.82, 2.24) is 9.21 Å². The Bertz CT molecular complexity index is 1010. The van der Waals surface area contributed by atoms with Gasteiger partial charge < -0.3 is 4.90 Å². The van der Waals surface area contributed by atoms with E-state index in [0.717, 1.165) is 5.56 Å². The Balaban J connectivity index is 1.65. The van der Waals surface area contributed by atoms with Gasteiger partial charge in [0, 0.05) is 26.7 Å². The molecular weight excluding hydrogens is 443 g/mol. The number of aryl methyl sites for hydroxylation is 1. The normalized spacial score (nSPS) is 17.7. The van der Waals surface area contributed by atoms with Gasteiger partial charge in [-0.3, -0.25) is 4.79 Å². The van der Waals surface area contributed by atoms with E-state index in [4.69, 9.17) is 23.2 Å². The molecule has 162 valence electrons. The molecule has 0 bridgehead atoms. The molecule has 0 radical (unpaired) electrons. The standard InChI is InChI=1S/C22H26Cl2N2O3S/c1-16-5-7-17(8-6-16)13-25(2)22(27)19-4-3-11-26(14-19)30(28,29)15-18-9-10-20(23)21(24)12-18/h5-10,12,19H,3-4,11,13-15H2,1-2H3/t19-/m0/s1. The number of benzene rings is 2. The number of piperidine rings is 1. The summed E-state index contributed by atoms with van der Waals surface area (Å²) in [6, 6.07) is 12.9. The molecule has 2 aromatic carbocycles. The van der Waals surface area contributed by atoms with E-state index in [1.54, 1.807) is 30.1 Å². The number of rotatable bonds is 6. The van der Waals surface area contributed by atoms with Crippen LogP contribution in [0, 0.1) is 12.8 Å². The quantitative estimate of drug-likeness (QED) is 0.626. The maximum Gasteiger partial charge on any atom is 0.227 e. The van der Waals surface area contributed by atoms with E-state index in [-0.39, 0.29) is 24.1 Å².